The minimum absolute atomic E-state index is 0.137. The summed E-state index contributed by atoms with van der Waals surface area (Å²) in [5.74, 6) is -0.310. The number of aromatic nitrogens is 1. The summed E-state index contributed by atoms with van der Waals surface area (Å²) in [7, 11) is 1.80. The topological polar surface area (TPSA) is 24.9 Å². The van der Waals surface area contributed by atoms with Crippen molar-refractivity contribution in [2.24, 2.45) is 0 Å². The molecule has 5 heteroatoms. The molecule has 0 spiro atoms. The Bertz CT molecular complexity index is 577. The van der Waals surface area contributed by atoms with E-state index in [2.05, 4.69) is 26.2 Å². The molecule has 0 saturated heterocycles. The van der Waals surface area contributed by atoms with Crippen LogP contribution in [0.25, 0.3) is 0 Å². The Labute approximate surface area is 125 Å². The van der Waals surface area contributed by atoms with Crippen LogP contribution in [0.2, 0.25) is 5.02 Å². The van der Waals surface area contributed by atoms with Crippen molar-refractivity contribution in [3.05, 3.63) is 63.1 Å². The Balaban J connectivity index is 2.27. The second-order valence-corrected chi connectivity index (χ2v) is 5.50. The molecule has 0 aliphatic rings. The molecule has 0 aliphatic carbocycles. The van der Waals surface area contributed by atoms with Crippen molar-refractivity contribution in [1.82, 2.24) is 10.3 Å². The number of benzene rings is 1. The first kappa shape index (κ1) is 14.4. The molecule has 0 saturated carbocycles. The monoisotopic (exact) mass is 342 g/mol. The number of hydrogen-bond donors (Lipinski definition) is 1. The third-order valence-electron chi connectivity index (χ3n) is 2.97. The molecule has 2 rings (SSSR count). The summed E-state index contributed by atoms with van der Waals surface area (Å²) < 4.78 is 14.7. The van der Waals surface area contributed by atoms with Crippen LogP contribution in [0.15, 0.2) is 41.1 Å². The lowest BCUT2D eigenvalue weighted by molar-refractivity contribution is 0.530. The maximum absolute atomic E-state index is 13.8. The van der Waals surface area contributed by atoms with Crippen molar-refractivity contribution < 1.29 is 4.39 Å². The zero-order chi connectivity index (χ0) is 13.8. The number of rotatable bonds is 4. The Morgan fingerprint density at radius 3 is 2.84 bits per heavy atom. The molecule has 1 aromatic carbocycles. The maximum atomic E-state index is 13.8. The van der Waals surface area contributed by atoms with Crippen LogP contribution in [0, 0.1) is 5.82 Å². The first-order valence-electron chi connectivity index (χ1n) is 5.82. The standard InChI is InChI=1S/C14H13BrClFN2/c1-18-14(11-4-5-19-8-13(11)17)6-9-2-3-10(15)7-12(9)16/h2-5,7-8,14,18H,6H2,1H3. The highest BCUT2D eigenvalue weighted by molar-refractivity contribution is 9.10. The predicted molar refractivity (Wildman–Crippen MR) is 78.9 cm³/mol. The quantitative estimate of drug-likeness (QED) is 0.902. The molecule has 1 atom stereocenters. The molecular weight excluding hydrogens is 331 g/mol. The van der Waals surface area contributed by atoms with E-state index in [1.165, 1.54) is 6.20 Å². The summed E-state index contributed by atoms with van der Waals surface area (Å²) in [5, 5.41) is 3.78. The second-order valence-electron chi connectivity index (χ2n) is 4.18. The smallest absolute Gasteiger partial charge is 0.146 e. The van der Waals surface area contributed by atoms with Gasteiger partial charge in [0.25, 0.3) is 0 Å². The number of pyridine rings is 1. The van der Waals surface area contributed by atoms with Crippen molar-refractivity contribution in [3.8, 4) is 0 Å². The van der Waals surface area contributed by atoms with E-state index in [1.54, 1.807) is 19.3 Å². The fraction of sp³-hybridized carbons (Fsp3) is 0.214. The Morgan fingerprint density at radius 1 is 1.42 bits per heavy atom. The molecule has 2 nitrogen and oxygen atoms in total. The van der Waals surface area contributed by atoms with E-state index in [1.807, 2.05) is 18.2 Å². The first-order valence-corrected chi connectivity index (χ1v) is 6.99. The van der Waals surface area contributed by atoms with Gasteiger partial charge in [0.1, 0.15) is 5.82 Å². The lowest BCUT2D eigenvalue weighted by Gasteiger charge is -2.18. The summed E-state index contributed by atoms with van der Waals surface area (Å²) >= 11 is 9.56. The summed E-state index contributed by atoms with van der Waals surface area (Å²) in [4.78, 5) is 3.76. The molecule has 1 aromatic heterocycles. The molecule has 19 heavy (non-hydrogen) atoms. The Kier molecular flexibility index (Phi) is 4.91. The maximum Gasteiger partial charge on any atom is 0.146 e. The zero-order valence-corrected chi connectivity index (χ0v) is 12.7. The highest BCUT2D eigenvalue weighted by Crippen LogP contribution is 2.27. The lowest BCUT2D eigenvalue weighted by atomic mass is 9.99. The van der Waals surface area contributed by atoms with Crippen molar-refractivity contribution in [2.45, 2.75) is 12.5 Å². The van der Waals surface area contributed by atoms with E-state index in [4.69, 9.17) is 11.6 Å². The molecule has 0 fully saturated rings. The van der Waals surface area contributed by atoms with Crippen LogP contribution >= 0.6 is 27.5 Å². The Hall–Kier alpha value is -0.970. The van der Waals surface area contributed by atoms with Gasteiger partial charge in [0.2, 0.25) is 0 Å². The van der Waals surface area contributed by atoms with Crippen LogP contribution < -0.4 is 5.32 Å². The second kappa shape index (κ2) is 6.46. The average Bonchev–Trinajstić information content (AvgIpc) is 2.39. The van der Waals surface area contributed by atoms with E-state index in [9.17, 15) is 4.39 Å². The fourth-order valence-electron chi connectivity index (χ4n) is 1.94. The van der Waals surface area contributed by atoms with Crippen LogP contribution in [0.1, 0.15) is 17.2 Å². The van der Waals surface area contributed by atoms with Crippen LogP contribution in [0.5, 0.6) is 0 Å². The highest BCUT2D eigenvalue weighted by atomic mass is 79.9. The summed E-state index contributed by atoms with van der Waals surface area (Å²) in [6, 6.07) is 7.25. The molecule has 100 valence electrons. The van der Waals surface area contributed by atoms with Gasteiger partial charge in [0.15, 0.2) is 0 Å². The van der Waals surface area contributed by atoms with Gasteiger partial charge in [-0.3, -0.25) is 4.98 Å². The predicted octanol–water partition coefficient (Wildman–Crippen LogP) is 4.14. The van der Waals surface area contributed by atoms with Gasteiger partial charge in [-0.25, -0.2) is 4.39 Å². The minimum atomic E-state index is -0.310. The minimum Gasteiger partial charge on any atom is -0.313 e. The van der Waals surface area contributed by atoms with Gasteiger partial charge in [-0.05, 0) is 37.2 Å². The van der Waals surface area contributed by atoms with Gasteiger partial charge in [-0.15, -0.1) is 0 Å². The van der Waals surface area contributed by atoms with Crippen molar-refractivity contribution >= 4 is 27.5 Å². The van der Waals surface area contributed by atoms with E-state index < -0.39 is 0 Å². The molecule has 0 amide bonds. The third-order valence-corrected chi connectivity index (χ3v) is 3.81. The normalized spacial score (nSPS) is 12.4. The molecule has 1 unspecified atom stereocenters. The highest BCUT2D eigenvalue weighted by Gasteiger charge is 2.15. The van der Waals surface area contributed by atoms with Gasteiger partial charge in [0, 0.05) is 27.3 Å². The van der Waals surface area contributed by atoms with Crippen LogP contribution in [0.3, 0.4) is 0 Å². The number of nitrogens with zero attached hydrogens (tertiary/aromatic N) is 1. The third kappa shape index (κ3) is 3.53. The summed E-state index contributed by atoms with van der Waals surface area (Å²) in [5.41, 5.74) is 1.57. The molecule has 0 radical (unpaired) electrons. The van der Waals surface area contributed by atoms with Crippen molar-refractivity contribution in [1.29, 1.82) is 0 Å². The SMILES string of the molecule is CNC(Cc1ccc(Br)cc1Cl)c1ccncc1F. The Morgan fingerprint density at radius 2 is 2.21 bits per heavy atom. The van der Waals surface area contributed by atoms with E-state index in [0.29, 0.717) is 17.0 Å². The molecule has 0 aliphatic heterocycles. The largest absolute Gasteiger partial charge is 0.313 e. The number of halogens is 3. The summed E-state index contributed by atoms with van der Waals surface area (Å²) in [6.45, 7) is 0. The average molecular weight is 344 g/mol. The van der Waals surface area contributed by atoms with E-state index >= 15 is 0 Å². The van der Waals surface area contributed by atoms with E-state index in [-0.39, 0.29) is 11.9 Å². The van der Waals surface area contributed by atoms with Crippen molar-refractivity contribution in [2.75, 3.05) is 7.05 Å². The van der Waals surface area contributed by atoms with Crippen LogP contribution in [0.4, 0.5) is 4.39 Å². The van der Waals surface area contributed by atoms with Gasteiger partial charge in [0.05, 0.1) is 6.20 Å². The summed E-state index contributed by atoms with van der Waals surface area (Å²) in [6.07, 6.45) is 3.43. The zero-order valence-electron chi connectivity index (χ0n) is 10.3. The number of likely N-dealkylation sites (N-methyl/N-ethyl adjacent to an activating group) is 1. The molecular formula is C14H13BrClFN2. The van der Waals surface area contributed by atoms with Gasteiger partial charge < -0.3 is 5.32 Å². The molecule has 1 N–H and O–H groups in total. The van der Waals surface area contributed by atoms with E-state index in [0.717, 1.165) is 10.0 Å². The molecule has 1 heterocycles. The first-order chi connectivity index (χ1) is 9.11. The van der Waals surface area contributed by atoms with Crippen molar-refractivity contribution in [3.63, 3.8) is 0 Å². The van der Waals surface area contributed by atoms with Gasteiger partial charge >= 0.3 is 0 Å². The fourth-order valence-corrected chi connectivity index (χ4v) is 2.69. The number of hydrogen-bond acceptors (Lipinski definition) is 2. The molecule has 2 aromatic rings. The van der Waals surface area contributed by atoms with Crippen LogP contribution in [-0.4, -0.2) is 12.0 Å². The van der Waals surface area contributed by atoms with Gasteiger partial charge in [-0.2, -0.15) is 0 Å². The molecule has 0 bridgehead atoms. The van der Waals surface area contributed by atoms with Gasteiger partial charge in [-0.1, -0.05) is 33.6 Å². The van der Waals surface area contributed by atoms with Crippen LogP contribution in [-0.2, 0) is 6.42 Å². The lowest BCUT2D eigenvalue weighted by Crippen LogP contribution is -2.20. The number of nitrogens with one attached hydrogen (secondary N) is 1.